The highest BCUT2D eigenvalue weighted by Crippen LogP contribution is 2.24. The summed E-state index contributed by atoms with van der Waals surface area (Å²) in [5, 5.41) is 58.6. The summed E-state index contributed by atoms with van der Waals surface area (Å²) in [5.41, 5.74) is -0.265. The topological polar surface area (TPSA) is 121 Å². The first-order valence-electron chi connectivity index (χ1n) is 10.3. The van der Waals surface area contributed by atoms with Gasteiger partial charge in [0.15, 0.2) is 46.5 Å². The average molecular weight is 544 g/mol. The molecule has 0 radical (unpaired) electrons. The summed E-state index contributed by atoms with van der Waals surface area (Å²) in [6, 6.07) is 0.484. The summed E-state index contributed by atoms with van der Waals surface area (Å²) in [6.45, 7) is -1.08. The van der Waals surface area contributed by atoms with Gasteiger partial charge in [0.2, 0.25) is 0 Å². The molecule has 0 fully saturated rings. The zero-order valence-corrected chi connectivity index (χ0v) is 18.4. The monoisotopic (exact) mass is 544 g/mol. The lowest BCUT2D eigenvalue weighted by Crippen LogP contribution is -2.50. The molecule has 0 spiro atoms. The fourth-order valence-electron chi connectivity index (χ4n) is 3.19. The van der Waals surface area contributed by atoms with Crippen LogP contribution in [0.25, 0.3) is 0 Å². The van der Waals surface area contributed by atoms with Crippen LogP contribution in [-0.2, 0) is 12.8 Å². The van der Waals surface area contributed by atoms with Crippen molar-refractivity contribution < 1.29 is 65.8 Å². The lowest BCUT2D eigenvalue weighted by Gasteiger charge is -2.29. The van der Waals surface area contributed by atoms with Crippen LogP contribution in [0.15, 0.2) is 29.5 Å². The van der Waals surface area contributed by atoms with Gasteiger partial charge in [-0.25, -0.2) is 35.1 Å². The van der Waals surface area contributed by atoms with Crippen molar-refractivity contribution >= 4 is 0 Å². The minimum atomic E-state index is -2.43. The second-order valence-electron chi connectivity index (χ2n) is 7.84. The van der Waals surface area contributed by atoms with E-state index in [1.165, 1.54) is 0 Å². The molecule has 1 unspecified atom stereocenters. The molecular formula is C23H20F8O6. The number of aliphatic hydroxyl groups is 6. The summed E-state index contributed by atoms with van der Waals surface area (Å²) in [6.07, 6.45) is -12.5. The Morgan fingerprint density at radius 1 is 0.676 bits per heavy atom. The van der Waals surface area contributed by atoms with Gasteiger partial charge in [-0.3, -0.25) is 0 Å². The standard InChI is InChI=1S/C23H20F8O6/c24-11-5-8(14(26)18(30)16(11)28)2-1-3-9(4-10-6-12(25)17(29)19(31)15(10)27)20(34)22(36)23(37)21(35)13(33)7-32/h1,5-6,13,20-23,32-37H,2,4,7H2/t3?,13-,20?,21+,22+,23-/m0/s1. The average Bonchev–Trinajstić information content (AvgIpc) is 2.88. The van der Waals surface area contributed by atoms with E-state index in [9.17, 15) is 60.7 Å². The molecule has 0 heterocycles. The highest BCUT2D eigenvalue weighted by molar-refractivity contribution is 5.29. The van der Waals surface area contributed by atoms with Crippen LogP contribution in [0.4, 0.5) is 35.1 Å². The third-order valence-corrected chi connectivity index (χ3v) is 5.31. The third kappa shape index (κ3) is 6.73. The molecule has 0 amide bonds. The number of halogens is 8. The predicted molar refractivity (Wildman–Crippen MR) is 109 cm³/mol. The Hall–Kier alpha value is -2.84. The van der Waals surface area contributed by atoms with Gasteiger partial charge >= 0.3 is 0 Å². The van der Waals surface area contributed by atoms with E-state index in [2.05, 4.69) is 5.73 Å². The first-order chi connectivity index (χ1) is 17.2. The lowest BCUT2D eigenvalue weighted by atomic mass is 9.91. The van der Waals surface area contributed by atoms with Crippen LogP contribution in [0.2, 0.25) is 0 Å². The molecule has 2 aromatic carbocycles. The molecule has 2 aromatic rings. The summed E-state index contributed by atoms with van der Waals surface area (Å²) in [7, 11) is 0. The maximum absolute atomic E-state index is 14.2. The van der Waals surface area contributed by atoms with E-state index < -0.39 is 113 Å². The van der Waals surface area contributed by atoms with Crippen LogP contribution in [0.5, 0.6) is 0 Å². The molecule has 5 atom stereocenters. The van der Waals surface area contributed by atoms with Crippen molar-refractivity contribution in [1.29, 1.82) is 0 Å². The maximum Gasteiger partial charge on any atom is 0.197 e. The van der Waals surface area contributed by atoms with Gasteiger partial charge in [0, 0.05) is 18.4 Å². The molecule has 0 aliphatic heterocycles. The number of aliphatic hydroxyl groups excluding tert-OH is 6. The van der Waals surface area contributed by atoms with Crippen molar-refractivity contribution in [2.45, 2.75) is 43.4 Å². The van der Waals surface area contributed by atoms with Gasteiger partial charge in [-0.15, -0.1) is 5.73 Å². The molecule has 0 aliphatic carbocycles. The fraction of sp³-hybridized carbons (Fsp3) is 0.348. The third-order valence-electron chi connectivity index (χ3n) is 5.31. The largest absolute Gasteiger partial charge is 0.394 e. The molecule has 0 bridgehead atoms. The Labute approximate surface area is 203 Å². The summed E-state index contributed by atoms with van der Waals surface area (Å²) < 4.78 is 109. The molecule has 0 saturated carbocycles. The number of hydrogen-bond donors (Lipinski definition) is 6. The Kier molecular flexibility index (Phi) is 10.4. The van der Waals surface area contributed by atoms with Crippen LogP contribution in [0, 0.1) is 46.5 Å². The zero-order valence-electron chi connectivity index (χ0n) is 18.4. The van der Waals surface area contributed by atoms with E-state index >= 15 is 0 Å². The van der Waals surface area contributed by atoms with Gasteiger partial charge in [0.1, 0.15) is 30.5 Å². The molecule has 0 saturated heterocycles. The van der Waals surface area contributed by atoms with Crippen molar-refractivity contribution in [1.82, 2.24) is 0 Å². The highest BCUT2D eigenvalue weighted by Gasteiger charge is 2.36. The van der Waals surface area contributed by atoms with Gasteiger partial charge in [-0.2, -0.15) is 0 Å². The summed E-state index contributed by atoms with van der Waals surface area (Å²) in [4.78, 5) is 0. The molecule has 37 heavy (non-hydrogen) atoms. The molecule has 2 rings (SSSR count). The van der Waals surface area contributed by atoms with E-state index in [4.69, 9.17) is 5.11 Å². The summed E-state index contributed by atoms with van der Waals surface area (Å²) in [5.74, 6) is -15.9. The molecule has 6 nitrogen and oxygen atoms in total. The van der Waals surface area contributed by atoms with E-state index in [-0.39, 0.29) is 12.1 Å². The first-order valence-corrected chi connectivity index (χ1v) is 10.3. The quantitative estimate of drug-likeness (QED) is 0.117. The van der Waals surface area contributed by atoms with Crippen LogP contribution < -0.4 is 0 Å². The Morgan fingerprint density at radius 3 is 1.68 bits per heavy atom. The minimum Gasteiger partial charge on any atom is -0.394 e. The number of rotatable bonds is 10. The lowest BCUT2D eigenvalue weighted by molar-refractivity contribution is -0.134. The minimum absolute atomic E-state index is 0.194. The van der Waals surface area contributed by atoms with E-state index in [0.717, 1.165) is 6.08 Å². The van der Waals surface area contributed by atoms with E-state index in [1.54, 1.807) is 0 Å². The predicted octanol–water partition coefficient (Wildman–Crippen LogP) is 1.46. The van der Waals surface area contributed by atoms with Crippen LogP contribution in [0.3, 0.4) is 0 Å². The molecule has 6 N–H and O–H groups in total. The Bertz CT molecular complexity index is 1200. The van der Waals surface area contributed by atoms with Crippen LogP contribution in [0.1, 0.15) is 11.1 Å². The van der Waals surface area contributed by atoms with Gasteiger partial charge < -0.3 is 30.6 Å². The molecule has 14 heteroatoms. The maximum atomic E-state index is 14.2. The second kappa shape index (κ2) is 12.6. The second-order valence-corrected chi connectivity index (χ2v) is 7.84. The SMILES string of the molecule is OC[C@H](O)[C@@H](O)[C@H](O)[C@H](O)C(O)C(=C=CCc1cc(F)c(F)c(F)c1F)Cc1cc(F)c(F)c(F)c1F. The first kappa shape index (κ1) is 30.4. The number of benzene rings is 2. The highest BCUT2D eigenvalue weighted by atomic mass is 19.2. The fourth-order valence-corrected chi connectivity index (χ4v) is 3.19. The molecule has 0 aliphatic rings. The Balaban J connectivity index is 2.53. The smallest absolute Gasteiger partial charge is 0.197 e. The zero-order chi connectivity index (χ0) is 28.2. The summed E-state index contributed by atoms with van der Waals surface area (Å²) >= 11 is 0. The number of hydrogen-bond acceptors (Lipinski definition) is 6. The Morgan fingerprint density at radius 2 is 1.16 bits per heavy atom. The van der Waals surface area contributed by atoms with Crippen molar-refractivity contribution in [2.75, 3.05) is 6.61 Å². The van der Waals surface area contributed by atoms with Crippen molar-refractivity contribution in [3.8, 4) is 0 Å². The van der Waals surface area contributed by atoms with Gasteiger partial charge in [0.05, 0.1) is 6.61 Å². The van der Waals surface area contributed by atoms with Crippen LogP contribution >= 0.6 is 0 Å². The van der Waals surface area contributed by atoms with Gasteiger partial charge in [0.25, 0.3) is 0 Å². The molecule has 0 aromatic heterocycles. The van der Waals surface area contributed by atoms with Crippen molar-refractivity contribution in [3.05, 3.63) is 87.2 Å². The van der Waals surface area contributed by atoms with Crippen molar-refractivity contribution in [3.63, 3.8) is 0 Å². The van der Waals surface area contributed by atoms with E-state index in [0.29, 0.717) is 0 Å². The van der Waals surface area contributed by atoms with Gasteiger partial charge in [-0.05, 0) is 29.3 Å². The molecule has 204 valence electrons. The van der Waals surface area contributed by atoms with Crippen molar-refractivity contribution in [2.24, 2.45) is 0 Å². The normalized spacial score (nSPS) is 15.5. The van der Waals surface area contributed by atoms with Crippen LogP contribution in [-0.4, -0.2) is 67.8 Å². The van der Waals surface area contributed by atoms with E-state index in [1.807, 2.05) is 0 Å². The van der Waals surface area contributed by atoms with Gasteiger partial charge in [-0.1, -0.05) is 0 Å². The molecular weight excluding hydrogens is 524 g/mol.